The van der Waals surface area contributed by atoms with Crippen molar-refractivity contribution in [3.8, 4) is 5.75 Å². The molecule has 82 valence electrons. The van der Waals surface area contributed by atoms with E-state index >= 15 is 0 Å². The van der Waals surface area contributed by atoms with Gasteiger partial charge in [0, 0.05) is 12.8 Å². The van der Waals surface area contributed by atoms with Crippen molar-refractivity contribution in [1.29, 1.82) is 0 Å². The van der Waals surface area contributed by atoms with Crippen LogP contribution in [-0.2, 0) is 11.2 Å². The molecule has 0 saturated heterocycles. The molecule has 3 nitrogen and oxygen atoms in total. The summed E-state index contributed by atoms with van der Waals surface area (Å²) in [6, 6.07) is 5.64. The Balaban J connectivity index is 2.96. The average Bonchev–Trinajstić information content (AvgIpc) is 2.18. The molecule has 0 radical (unpaired) electrons. The first-order chi connectivity index (χ1) is 7.17. The zero-order valence-corrected chi connectivity index (χ0v) is 9.60. The Morgan fingerprint density at radius 3 is 2.80 bits per heavy atom. The second-order valence-electron chi connectivity index (χ2n) is 3.15. The fourth-order valence-corrected chi connectivity index (χ4v) is 1.53. The SMILES string of the molecule is COc1ccc(CCCl)cc1NC(C)=O. The van der Waals surface area contributed by atoms with Gasteiger partial charge in [0.15, 0.2) is 0 Å². The zero-order valence-electron chi connectivity index (χ0n) is 8.84. The maximum Gasteiger partial charge on any atom is 0.221 e. The topological polar surface area (TPSA) is 38.3 Å². The molecule has 1 amide bonds. The molecule has 0 fully saturated rings. The minimum absolute atomic E-state index is 0.115. The van der Waals surface area contributed by atoms with Crippen molar-refractivity contribution >= 4 is 23.2 Å². The van der Waals surface area contributed by atoms with Crippen LogP contribution in [0.25, 0.3) is 0 Å². The lowest BCUT2D eigenvalue weighted by Gasteiger charge is -2.10. The van der Waals surface area contributed by atoms with Crippen LogP contribution in [-0.4, -0.2) is 18.9 Å². The molecule has 0 heterocycles. The van der Waals surface area contributed by atoms with Crippen molar-refractivity contribution in [2.75, 3.05) is 18.3 Å². The Kier molecular flexibility index (Phi) is 4.43. The van der Waals surface area contributed by atoms with Crippen LogP contribution >= 0.6 is 11.6 Å². The molecule has 1 rings (SSSR count). The highest BCUT2D eigenvalue weighted by Crippen LogP contribution is 2.25. The maximum atomic E-state index is 11.0. The number of hydrogen-bond acceptors (Lipinski definition) is 2. The van der Waals surface area contributed by atoms with E-state index in [4.69, 9.17) is 16.3 Å². The highest BCUT2D eigenvalue weighted by Gasteiger charge is 2.05. The van der Waals surface area contributed by atoms with Crippen LogP contribution in [0.3, 0.4) is 0 Å². The predicted octanol–water partition coefficient (Wildman–Crippen LogP) is 2.43. The second-order valence-corrected chi connectivity index (χ2v) is 3.53. The summed E-state index contributed by atoms with van der Waals surface area (Å²) in [6.45, 7) is 1.47. The van der Waals surface area contributed by atoms with Crippen molar-refractivity contribution in [3.05, 3.63) is 23.8 Å². The van der Waals surface area contributed by atoms with Crippen LogP contribution in [0, 0.1) is 0 Å². The lowest BCUT2D eigenvalue weighted by molar-refractivity contribution is -0.114. The third-order valence-electron chi connectivity index (χ3n) is 1.96. The van der Waals surface area contributed by atoms with Gasteiger partial charge in [0.05, 0.1) is 12.8 Å². The van der Waals surface area contributed by atoms with Crippen LogP contribution in [0.1, 0.15) is 12.5 Å². The fraction of sp³-hybridized carbons (Fsp3) is 0.364. The van der Waals surface area contributed by atoms with E-state index in [1.165, 1.54) is 6.92 Å². The third kappa shape index (κ3) is 3.44. The monoisotopic (exact) mass is 227 g/mol. The van der Waals surface area contributed by atoms with Gasteiger partial charge < -0.3 is 10.1 Å². The van der Waals surface area contributed by atoms with Gasteiger partial charge in [0.2, 0.25) is 5.91 Å². The number of methoxy groups -OCH3 is 1. The van der Waals surface area contributed by atoms with Gasteiger partial charge in [-0.25, -0.2) is 0 Å². The number of amides is 1. The second kappa shape index (κ2) is 5.61. The lowest BCUT2D eigenvalue weighted by atomic mass is 10.1. The van der Waals surface area contributed by atoms with Gasteiger partial charge >= 0.3 is 0 Å². The molecule has 1 N–H and O–H groups in total. The highest BCUT2D eigenvalue weighted by molar-refractivity contribution is 6.18. The molecule has 0 aromatic heterocycles. The number of alkyl halides is 1. The smallest absolute Gasteiger partial charge is 0.221 e. The molecule has 0 aliphatic heterocycles. The highest BCUT2D eigenvalue weighted by atomic mass is 35.5. The van der Waals surface area contributed by atoms with Crippen LogP contribution in [0.2, 0.25) is 0 Å². The van der Waals surface area contributed by atoms with Gasteiger partial charge in [-0.3, -0.25) is 4.79 Å². The van der Waals surface area contributed by atoms with E-state index < -0.39 is 0 Å². The van der Waals surface area contributed by atoms with E-state index in [-0.39, 0.29) is 5.91 Å². The minimum atomic E-state index is -0.115. The Morgan fingerprint density at radius 2 is 2.27 bits per heavy atom. The number of carbonyl (C=O) groups excluding carboxylic acids is 1. The number of ether oxygens (including phenoxy) is 1. The van der Waals surface area contributed by atoms with Crippen molar-refractivity contribution in [1.82, 2.24) is 0 Å². The van der Waals surface area contributed by atoms with Gasteiger partial charge in [-0.2, -0.15) is 0 Å². The summed E-state index contributed by atoms with van der Waals surface area (Å²) >= 11 is 5.65. The molecular weight excluding hydrogens is 214 g/mol. The van der Waals surface area contributed by atoms with Crippen molar-refractivity contribution in [2.45, 2.75) is 13.3 Å². The number of nitrogens with one attached hydrogen (secondary N) is 1. The number of aryl methyl sites for hydroxylation is 1. The molecule has 1 aromatic carbocycles. The molecule has 0 aliphatic carbocycles. The Labute approximate surface area is 94.4 Å². The number of hydrogen-bond donors (Lipinski definition) is 1. The predicted molar refractivity (Wildman–Crippen MR) is 61.7 cm³/mol. The summed E-state index contributed by atoms with van der Waals surface area (Å²) in [6.07, 6.45) is 0.776. The van der Waals surface area contributed by atoms with Crippen molar-refractivity contribution < 1.29 is 9.53 Å². The van der Waals surface area contributed by atoms with Gasteiger partial charge in [-0.15, -0.1) is 11.6 Å². The fourth-order valence-electron chi connectivity index (χ4n) is 1.31. The largest absolute Gasteiger partial charge is 0.495 e. The van der Waals surface area contributed by atoms with Crippen LogP contribution < -0.4 is 10.1 Å². The molecule has 0 atom stereocenters. The molecule has 0 spiro atoms. The summed E-state index contributed by atoms with van der Waals surface area (Å²) in [5, 5.41) is 2.72. The first-order valence-corrected chi connectivity index (χ1v) is 5.21. The van der Waals surface area contributed by atoms with E-state index in [0.29, 0.717) is 17.3 Å². The first-order valence-electron chi connectivity index (χ1n) is 4.68. The van der Waals surface area contributed by atoms with E-state index in [2.05, 4.69) is 5.32 Å². The van der Waals surface area contributed by atoms with E-state index in [0.717, 1.165) is 12.0 Å². The van der Waals surface area contributed by atoms with Crippen molar-refractivity contribution in [3.63, 3.8) is 0 Å². The normalized spacial score (nSPS) is 9.80. The summed E-state index contributed by atoms with van der Waals surface area (Å²) < 4.78 is 5.13. The van der Waals surface area contributed by atoms with Gasteiger partial charge in [0.1, 0.15) is 5.75 Å². The maximum absolute atomic E-state index is 11.0. The number of halogens is 1. The number of benzene rings is 1. The Hall–Kier alpha value is -1.22. The van der Waals surface area contributed by atoms with Crippen LogP contribution in [0.15, 0.2) is 18.2 Å². The number of anilines is 1. The molecular formula is C11H14ClNO2. The molecule has 0 saturated carbocycles. The number of carbonyl (C=O) groups is 1. The average molecular weight is 228 g/mol. The minimum Gasteiger partial charge on any atom is -0.495 e. The van der Waals surface area contributed by atoms with Gasteiger partial charge in [-0.1, -0.05) is 6.07 Å². The van der Waals surface area contributed by atoms with Gasteiger partial charge in [-0.05, 0) is 24.1 Å². The molecule has 15 heavy (non-hydrogen) atoms. The van der Waals surface area contributed by atoms with Crippen molar-refractivity contribution in [2.24, 2.45) is 0 Å². The van der Waals surface area contributed by atoms with Crippen LogP contribution in [0.5, 0.6) is 5.75 Å². The number of rotatable bonds is 4. The van der Waals surface area contributed by atoms with E-state index in [9.17, 15) is 4.79 Å². The van der Waals surface area contributed by atoms with Crippen LogP contribution in [0.4, 0.5) is 5.69 Å². The molecule has 4 heteroatoms. The molecule has 1 aromatic rings. The standard InChI is InChI=1S/C11H14ClNO2/c1-8(14)13-10-7-9(5-6-12)3-4-11(10)15-2/h3-4,7H,5-6H2,1-2H3,(H,13,14). The lowest BCUT2D eigenvalue weighted by Crippen LogP contribution is -2.07. The zero-order chi connectivity index (χ0) is 11.3. The molecule has 0 bridgehead atoms. The Morgan fingerprint density at radius 1 is 1.53 bits per heavy atom. The summed E-state index contributed by atoms with van der Waals surface area (Å²) in [4.78, 5) is 11.0. The molecule has 0 unspecified atom stereocenters. The van der Waals surface area contributed by atoms with E-state index in [1.807, 2.05) is 18.2 Å². The van der Waals surface area contributed by atoms with E-state index in [1.54, 1.807) is 7.11 Å². The summed E-state index contributed by atoms with van der Waals surface area (Å²) in [5.41, 5.74) is 1.77. The first kappa shape index (κ1) is 11.9. The Bertz CT molecular complexity index is 352. The third-order valence-corrected chi connectivity index (χ3v) is 2.15. The summed E-state index contributed by atoms with van der Waals surface area (Å²) in [5.74, 6) is 1.10. The molecule has 0 aliphatic rings. The summed E-state index contributed by atoms with van der Waals surface area (Å²) in [7, 11) is 1.57. The quantitative estimate of drug-likeness (QED) is 0.803. The van der Waals surface area contributed by atoms with Gasteiger partial charge in [0.25, 0.3) is 0 Å².